The molecule has 0 saturated heterocycles. The van der Waals surface area contributed by atoms with Crippen LogP contribution in [0.1, 0.15) is 48.4 Å². The van der Waals surface area contributed by atoms with Gasteiger partial charge in [-0.3, -0.25) is 9.69 Å². The largest absolute Gasteiger partial charge is 0.453 e. The fourth-order valence-corrected chi connectivity index (χ4v) is 5.28. The van der Waals surface area contributed by atoms with E-state index in [0.29, 0.717) is 11.1 Å². The molecule has 5 aromatic rings. The van der Waals surface area contributed by atoms with Crippen LogP contribution >= 0.6 is 15.9 Å². The summed E-state index contributed by atoms with van der Waals surface area (Å²) in [7, 11) is 0. The lowest BCUT2D eigenvalue weighted by molar-refractivity contribution is -0.162. The van der Waals surface area contributed by atoms with E-state index >= 15 is 0 Å². The van der Waals surface area contributed by atoms with E-state index in [0.717, 1.165) is 21.0 Å². The molecular formula is C36H30BrNO5. The zero-order valence-electron chi connectivity index (χ0n) is 24.0. The number of anilines is 2. The van der Waals surface area contributed by atoms with Crippen molar-refractivity contribution >= 4 is 55.9 Å². The zero-order valence-corrected chi connectivity index (χ0v) is 25.6. The number of ether oxygens (including phenoxy) is 2. The molecule has 0 N–H and O–H groups in total. The molecule has 0 radical (unpaired) electrons. The Morgan fingerprint density at radius 2 is 1.19 bits per heavy atom. The number of rotatable bonds is 6. The predicted octanol–water partition coefficient (Wildman–Crippen LogP) is 8.56. The van der Waals surface area contributed by atoms with Gasteiger partial charge >= 0.3 is 17.8 Å². The van der Waals surface area contributed by atoms with Crippen molar-refractivity contribution in [3.63, 3.8) is 0 Å². The fraction of sp³-hybridized carbons (Fsp3) is 0.139. The summed E-state index contributed by atoms with van der Waals surface area (Å²) in [6.45, 7) is 5.07. The summed E-state index contributed by atoms with van der Waals surface area (Å²) in [6.07, 6.45) is -0.702. The Balaban J connectivity index is 1.64. The molecule has 5 rings (SSSR count). The number of esters is 2. The van der Waals surface area contributed by atoms with Gasteiger partial charge in [-0.1, -0.05) is 113 Å². The molecule has 216 valence electrons. The van der Waals surface area contributed by atoms with Crippen molar-refractivity contribution in [2.24, 2.45) is 0 Å². The maximum absolute atomic E-state index is 14.0. The molecule has 0 unspecified atom stereocenters. The van der Waals surface area contributed by atoms with E-state index in [-0.39, 0.29) is 11.3 Å². The Bertz CT molecular complexity index is 1740. The lowest BCUT2D eigenvalue weighted by Crippen LogP contribution is -2.38. The van der Waals surface area contributed by atoms with E-state index in [1.54, 1.807) is 57.2 Å². The summed E-state index contributed by atoms with van der Waals surface area (Å²) in [5, 5.41) is 1.53. The second-order valence-corrected chi connectivity index (χ2v) is 11.7. The molecule has 0 heterocycles. The monoisotopic (exact) mass is 635 g/mol. The Kier molecular flexibility index (Phi) is 8.73. The highest BCUT2D eigenvalue weighted by atomic mass is 79.9. The lowest BCUT2D eigenvalue weighted by Gasteiger charge is -2.28. The summed E-state index contributed by atoms with van der Waals surface area (Å²) in [5.74, 6) is -2.64. The molecule has 5 aromatic carbocycles. The van der Waals surface area contributed by atoms with Crippen LogP contribution in [-0.2, 0) is 19.1 Å². The maximum atomic E-state index is 14.0. The van der Waals surface area contributed by atoms with Gasteiger partial charge in [0.05, 0.1) is 16.9 Å². The first-order chi connectivity index (χ1) is 20.6. The van der Waals surface area contributed by atoms with E-state index in [9.17, 15) is 14.4 Å². The number of fused-ring (bicyclic) bond motifs is 1. The summed E-state index contributed by atoms with van der Waals surface area (Å²) in [4.78, 5) is 42.5. The minimum Gasteiger partial charge on any atom is -0.453 e. The number of amides is 1. The van der Waals surface area contributed by atoms with Crippen molar-refractivity contribution in [1.29, 1.82) is 0 Å². The molecule has 0 bridgehead atoms. The molecule has 0 spiro atoms. The molecular weight excluding hydrogens is 606 g/mol. The third-order valence-electron chi connectivity index (χ3n) is 6.66. The zero-order chi connectivity index (χ0) is 30.6. The second kappa shape index (κ2) is 12.6. The molecule has 0 saturated carbocycles. The van der Waals surface area contributed by atoms with Crippen LogP contribution in [0, 0.1) is 0 Å². The molecule has 0 atom stereocenters. The van der Waals surface area contributed by atoms with E-state index in [4.69, 9.17) is 9.47 Å². The maximum Gasteiger partial charge on any atom is 0.398 e. The van der Waals surface area contributed by atoms with Gasteiger partial charge in [0.2, 0.25) is 0 Å². The van der Waals surface area contributed by atoms with Gasteiger partial charge in [-0.2, -0.15) is 0 Å². The molecule has 0 aliphatic carbocycles. The van der Waals surface area contributed by atoms with Crippen molar-refractivity contribution in [2.75, 3.05) is 4.90 Å². The van der Waals surface area contributed by atoms with Crippen molar-refractivity contribution in [3.05, 3.63) is 142 Å². The topological polar surface area (TPSA) is 72.9 Å². The standard InChI is InChI=1S/C36H30BrNO5/c1-36(2,3)43-35(41)33(39)38(31-23-22-29(37)26-18-10-11-19-27(26)31)30-21-13-12-20-28(30)34(40)42-32(24-14-6-4-7-15-24)25-16-8-5-9-17-25/h4-23,32H,1-3H3. The van der Waals surface area contributed by atoms with Crippen LogP contribution in [0.3, 0.4) is 0 Å². The summed E-state index contributed by atoms with van der Waals surface area (Å²) >= 11 is 3.58. The molecule has 7 heteroatoms. The number of nitrogens with zero attached hydrogens (tertiary/aromatic N) is 1. The molecule has 6 nitrogen and oxygen atoms in total. The highest BCUT2D eigenvalue weighted by molar-refractivity contribution is 9.10. The average Bonchev–Trinajstić information content (AvgIpc) is 3.01. The molecule has 0 aromatic heterocycles. The van der Waals surface area contributed by atoms with Crippen molar-refractivity contribution < 1.29 is 23.9 Å². The van der Waals surface area contributed by atoms with Crippen molar-refractivity contribution in [2.45, 2.75) is 32.5 Å². The number of halogens is 1. The second-order valence-electron chi connectivity index (χ2n) is 10.9. The van der Waals surface area contributed by atoms with E-state index in [2.05, 4.69) is 15.9 Å². The highest BCUT2D eigenvalue weighted by Gasteiger charge is 2.34. The molecule has 0 aliphatic rings. The first-order valence-corrected chi connectivity index (χ1v) is 14.6. The number of benzene rings is 5. The van der Waals surface area contributed by atoms with Crippen LogP contribution in [0.25, 0.3) is 10.8 Å². The summed E-state index contributed by atoms with van der Waals surface area (Å²) in [5.41, 5.74) is 1.40. The van der Waals surface area contributed by atoms with Gasteiger partial charge in [-0.25, -0.2) is 9.59 Å². The molecule has 1 amide bonds. The SMILES string of the molecule is CC(C)(C)OC(=O)C(=O)N(c1ccccc1C(=O)OC(c1ccccc1)c1ccccc1)c1ccc(Br)c2ccccc12. The predicted molar refractivity (Wildman–Crippen MR) is 171 cm³/mol. The quantitative estimate of drug-likeness (QED) is 0.138. The van der Waals surface area contributed by atoms with Crippen molar-refractivity contribution in [1.82, 2.24) is 0 Å². The first kappa shape index (κ1) is 29.7. The number of hydrogen-bond acceptors (Lipinski definition) is 5. The van der Waals surface area contributed by atoms with E-state index in [1.165, 1.54) is 4.90 Å². The van der Waals surface area contributed by atoms with Crippen LogP contribution in [0.2, 0.25) is 0 Å². The van der Waals surface area contributed by atoms with Crippen LogP contribution in [-0.4, -0.2) is 23.4 Å². The Labute approximate surface area is 259 Å². The van der Waals surface area contributed by atoms with Gasteiger partial charge in [-0.15, -0.1) is 0 Å². The van der Waals surface area contributed by atoms with Crippen molar-refractivity contribution in [3.8, 4) is 0 Å². The summed E-state index contributed by atoms with van der Waals surface area (Å²) < 4.78 is 12.5. The smallest absolute Gasteiger partial charge is 0.398 e. The van der Waals surface area contributed by atoms with E-state index in [1.807, 2.05) is 84.9 Å². The molecule has 0 fully saturated rings. The lowest BCUT2D eigenvalue weighted by atomic mass is 10.0. The van der Waals surface area contributed by atoms with Crippen LogP contribution in [0.4, 0.5) is 11.4 Å². The van der Waals surface area contributed by atoms with Gasteiger partial charge in [0.25, 0.3) is 0 Å². The van der Waals surface area contributed by atoms with Gasteiger partial charge in [0.15, 0.2) is 6.10 Å². The van der Waals surface area contributed by atoms with E-state index < -0.39 is 29.6 Å². The van der Waals surface area contributed by atoms with Crippen LogP contribution < -0.4 is 4.90 Å². The summed E-state index contributed by atoms with van der Waals surface area (Å²) in [6, 6.07) is 36.5. The number of para-hydroxylation sites is 1. The number of carbonyl (C=O) groups excluding carboxylic acids is 3. The minimum atomic E-state index is -1.05. The number of hydrogen-bond donors (Lipinski definition) is 0. The van der Waals surface area contributed by atoms with Gasteiger partial charge in [0, 0.05) is 9.86 Å². The average molecular weight is 637 g/mol. The third kappa shape index (κ3) is 6.68. The first-order valence-electron chi connectivity index (χ1n) is 13.8. The van der Waals surface area contributed by atoms with Gasteiger partial charge < -0.3 is 9.47 Å². The Hall–Kier alpha value is -4.75. The third-order valence-corrected chi connectivity index (χ3v) is 7.35. The molecule has 43 heavy (non-hydrogen) atoms. The fourth-order valence-electron chi connectivity index (χ4n) is 4.80. The van der Waals surface area contributed by atoms with Gasteiger partial charge in [0.1, 0.15) is 5.60 Å². The Morgan fingerprint density at radius 3 is 1.79 bits per heavy atom. The Morgan fingerprint density at radius 1 is 0.651 bits per heavy atom. The minimum absolute atomic E-state index is 0.114. The van der Waals surface area contributed by atoms with Gasteiger partial charge in [-0.05, 0) is 61.5 Å². The number of carbonyl (C=O) groups is 3. The normalized spacial score (nSPS) is 11.3. The molecule has 0 aliphatic heterocycles. The van der Waals surface area contributed by atoms with Crippen LogP contribution in [0.5, 0.6) is 0 Å². The highest BCUT2D eigenvalue weighted by Crippen LogP contribution is 2.38. The van der Waals surface area contributed by atoms with Crippen LogP contribution in [0.15, 0.2) is 126 Å².